The lowest BCUT2D eigenvalue weighted by atomic mass is 9.76. The molecule has 11 aliphatic rings. The van der Waals surface area contributed by atoms with Gasteiger partial charge in [-0.3, -0.25) is 44.7 Å². The number of fused-ring (bicyclic) bond motifs is 6. The molecule has 5 fully saturated rings. The first kappa shape index (κ1) is 115. The van der Waals surface area contributed by atoms with Crippen LogP contribution < -0.4 is 28.9 Å². The van der Waals surface area contributed by atoms with Crippen molar-refractivity contribution in [3.63, 3.8) is 0 Å². The zero-order valence-electron chi connectivity index (χ0n) is 82.8. The maximum atomic E-state index is 13.8. The number of carboxylic acid groups (broad SMARTS) is 2. The van der Waals surface area contributed by atoms with Crippen LogP contribution >= 0.6 is 7.36 Å². The Balaban J connectivity index is 0.000000262. The molecule has 0 amide bonds. The molecule has 11 aliphatic heterocycles. The predicted molar refractivity (Wildman–Crippen MR) is 531 cm³/mol. The SMILES string of the molecule is C.CC1(C)c2ccccc2N(CCC(=O)O)C12C=Cc1cc([N+](=O)[O-])ccc1O2.CO[C@@H]1O[C@@H](CO)[C@@H](O[C@@H]2OC(CO)[C@@H](C)[C@H](O)C2O)C(O)C1O.CO[C@@H]1O[C@@H](COC(=O)CCN2c3ccccc3C(C)(C)C23C=Cc2cc([N+](=O)[O-])ccc2O3)[C@@H](O[C@@H]2OC(CO)[C@@H](O[C@@H]3O[C@@H](COC(=O)CCN4c5ccccc5C(C)(C)C45C=Cc4cc([N+](=O)[O-])ccc4O5)[C@@H](C)C(O)C3O)[C@H](O)C2O)C(O)C1O.O=C(O)P=S.[2H]C#C. The van der Waals surface area contributed by atoms with Crippen molar-refractivity contribution >= 4 is 95.1 Å². The smallest absolute Gasteiger partial charge is 0.365 e. The van der Waals surface area contributed by atoms with Gasteiger partial charge in [0.25, 0.3) is 17.1 Å². The first-order chi connectivity index (χ1) is 70.6. The first-order valence-corrected chi connectivity index (χ1v) is 49.1. The van der Waals surface area contributed by atoms with E-state index in [2.05, 4.69) is 32.1 Å². The van der Waals surface area contributed by atoms with Crippen LogP contribution in [0.15, 0.2) is 146 Å². The number of nitro groups is 3. The van der Waals surface area contributed by atoms with Gasteiger partial charge in [-0.2, -0.15) is 0 Å². The van der Waals surface area contributed by atoms with Crippen LogP contribution in [0.5, 0.6) is 17.2 Å². The standard InChI is InChI=1S/C62H72N4O23.C21H20N2O5.C14H26O10.C2H2.CHO2PS.CH4/c1-32-44(30-81-46(68)21-25-63-39-13-9-7-11-37(39)59(2,3)61(63)23-19-33-27-35(65(76)77)15-17-41(33)88-61)84-57(51(73)48(32)70)86-54-43(29-67)83-58(53(75)50(54)72)87-55-45(85-56(80-6)52(74)49(55)71)31-82-47(69)22-26-64-40-14-10-8-12-38(40)60(4,5)62(64)24-20-34-28-36(66(78)79)16-18-42(34)89-62;1-20(2)16-5-3-4-6-17(16)22(12-10-19(24)25)21(20)11-9-14-13-15(23(26)27)7-8-18(14)28-21;1-5-6(3-15)22-14(10(19)8(5)17)24-12-7(4-16)23-13(21-2)11(20)9(12)18;1-2;2-1(3)4-5;/h7-20,23-24,27-28,32,43-45,48-58,67,70-75H,21-22,25-26,29-31H2,1-6H3;3-9,11,13H,10,12H2,1-2H3,(H,24,25);5-20H,3-4H2,1-2H3;1-2H;(H,2,3);1H4/t32-,43?,44+,45+,48?,49?,50-,51?,52?,53?,54-,55-,56-,57+,58+,61?,62?;;5-,6?,7+,8+,9?,10?,11?,12-,13-,14+;;;/m1.1.../s1/i;;;1D;;. The maximum Gasteiger partial charge on any atom is 0.365 e. The van der Waals surface area contributed by atoms with Gasteiger partial charge in [-0.25, -0.2) is 4.79 Å². The topological polar surface area (TPSA) is 649 Å². The molecule has 17 rings (SSSR count). The number of hydrogen-bond donors (Lipinski definition) is 15. The first-order valence-electron chi connectivity index (χ1n) is 47.7. The van der Waals surface area contributed by atoms with Crippen LogP contribution in [0.1, 0.15) is 117 Å². The molecule has 48 heteroatoms. The van der Waals surface area contributed by atoms with E-state index >= 15 is 0 Å². The molecule has 0 saturated carbocycles. The number of benzene rings is 6. The minimum Gasteiger partial charge on any atom is -0.481 e. The number of aliphatic hydroxyl groups excluding tert-OH is 13. The van der Waals surface area contributed by atoms with E-state index in [1.165, 1.54) is 63.1 Å². The summed E-state index contributed by atoms with van der Waals surface area (Å²) >= 11 is 4.05. The number of rotatable bonds is 28. The second-order valence-electron chi connectivity index (χ2n) is 38.3. The van der Waals surface area contributed by atoms with E-state index in [1.807, 2.05) is 139 Å². The minimum absolute atomic E-state index is 0. The van der Waals surface area contributed by atoms with Crippen LogP contribution in [0.4, 0.5) is 38.9 Å². The van der Waals surface area contributed by atoms with E-state index < -0.39 is 258 Å². The highest BCUT2D eigenvalue weighted by Crippen LogP contribution is 2.59. The summed E-state index contributed by atoms with van der Waals surface area (Å²) in [4.78, 5) is 86.6. The average molecular weight is 2130 g/mol. The van der Waals surface area contributed by atoms with Gasteiger partial charge in [-0.05, 0) is 143 Å². The number of ether oxygens (including phenoxy) is 15. The molecule has 13 unspecified atom stereocenters. The van der Waals surface area contributed by atoms with Crippen LogP contribution in [0.3, 0.4) is 0 Å². The van der Waals surface area contributed by atoms with Crippen LogP contribution in [0.25, 0.3) is 18.2 Å². The van der Waals surface area contributed by atoms with Crippen LogP contribution in [-0.4, -0.2) is 340 Å². The zero-order valence-corrected chi connectivity index (χ0v) is 83.5. The monoisotopic (exact) mass is 2130 g/mol. The summed E-state index contributed by atoms with van der Waals surface area (Å²) in [6.45, 7) is 12.8. The number of carbonyl (C=O) groups is 4. The Hall–Kier alpha value is -11.4. The number of aliphatic hydroxyl groups is 13. The van der Waals surface area contributed by atoms with Gasteiger partial charge in [0, 0.05) is 116 Å². The number of esters is 2. The van der Waals surface area contributed by atoms with Crippen LogP contribution in [0, 0.1) is 55.0 Å². The number of carbonyl (C=O) groups excluding carboxylic acids is 2. The Morgan fingerprint density at radius 3 is 1.02 bits per heavy atom. The van der Waals surface area contributed by atoms with E-state index in [0.29, 0.717) is 33.9 Å². The highest BCUT2D eigenvalue weighted by atomic mass is 32.4. The van der Waals surface area contributed by atoms with Crippen molar-refractivity contribution in [2.45, 2.75) is 257 Å². The number of hydrogen-bond acceptors (Lipinski definition) is 42. The van der Waals surface area contributed by atoms with Gasteiger partial charge in [-0.15, -0.1) is 12.8 Å². The Kier molecular flexibility index (Phi) is 37.0. The zero-order chi connectivity index (χ0) is 109. The molecule has 0 bridgehead atoms. The van der Waals surface area contributed by atoms with E-state index in [1.54, 1.807) is 38.1 Å². The van der Waals surface area contributed by atoms with Crippen LogP contribution in [0.2, 0.25) is 0 Å². The lowest BCUT2D eigenvalue weighted by Gasteiger charge is -2.48. The average Bonchev–Trinajstić information content (AvgIpc) is 1.55. The van der Waals surface area contributed by atoms with Gasteiger partial charge in [0.05, 0.1) is 102 Å². The normalized spacial score (nSPS) is 32.4. The summed E-state index contributed by atoms with van der Waals surface area (Å²) in [6.07, 6.45) is -18.5. The molecule has 28 atom stereocenters. The Labute approximate surface area is 863 Å². The maximum absolute atomic E-state index is 13.8. The van der Waals surface area contributed by atoms with Gasteiger partial charge in [0.1, 0.15) is 117 Å². The van der Waals surface area contributed by atoms with Crippen molar-refractivity contribution in [1.29, 1.82) is 0 Å². The summed E-state index contributed by atoms with van der Waals surface area (Å²) in [5.74, 6) is -2.34. The van der Waals surface area contributed by atoms with Crippen molar-refractivity contribution in [3.8, 4) is 30.1 Å². The Morgan fingerprint density at radius 2 is 0.705 bits per heavy atom. The number of carboxylic acids is 1. The summed E-state index contributed by atoms with van der Waals surface area (Å²) in [5.41, 5.74) is 0.689. The number of terminal acetylenes is 1. The molecule has 6 aromatic carbocycles. The molecule has 810 valence electrons. The molecule has 0 radical (unpaired) electrons. The lowest BCUT2D eigenvalue weighted by Crippen LogP contribution is -2.66. The van der Waals surface area contributed by atoms with Crippen molar-refractivity contribution in [3.05, 3.63) is 209 Å². The summed E-state index contributed by atoms with van der Waals surface area (Å²) in [7, 11) is 2.47. The lowest BCUT2D eigenvalue weighted by molar-refractivity contribution is -0.385. The Morgan fingerprint density at radius 1 is 0.430 bits per heavy atom. The van der Waals surface area contributed by atoms with Crippen molar-refractivity contribution < 1.29 is 183 Å². The second kappa shape index (κ2) is 48.1. The molecule has 0 aromatic heterocycles. The van der Waals surface area contributed by atoms with E-state index in [4.69, 9.17) is 77.5 Å². The molecular weight excluding hydrogens is 2000 g/mol. The van der Waals surface area contributed by atoms with E-state index in [0.717, 1.165) is 33.8 Å². The Bertz CT molecular complexity index is 5960. The molecule has 149 heavy (non-hydrogen) atoms. The fraction of sp³-hybridized carbons (Fsp3) is 0.525. The van der Waals surface area contributed by atoms with Crippen molar-refractivity contribution in [2.75, 3.05) is 81.6 Å². The molecule has 15 N–H and O–H groups in total. The quantitative estimate of drug-likeness (QED) is 0.00918. The van der Waals surface area contributed by atoms with Gasteiger partial charge in [0.15, 0.2) is 31.5 Å². The highest BCUT2D eigenvalue weighted by molar-refractivity contribution is 8.03. The van der Waals surface area contributed by atoms with E-state index in [9.17, 15) is 121 Å². The number of nitrogens with zero attached hydrogens (tertiary/aromatic N) is 6. The molecule has 6 aromatic rings. The third-order valence-electron chi connectivity index (χ3n) is 28.8. The second-order valence-corrected chi connectivity index (χ2v) is 39.4. The number of non-ortho nitro benzene ring substituents is 3. The number of methoxy groups -OCH3 is 2. The highest BCUT2D eigenvalue weighted by Gasteiger charge is 2.64. The minimum atomic E-state index is -2.05. The third kappa shape index (κ3) is 22.8. The number of nitro benzene ring substituents is 3. The fourth-order valence-corrected chi connectivity index (χ4v) is 20.5. The predicted octanol–water partition coefficient (Wildman–Crippen LogP) is 5.71. The summed E-state index contributed by atoms with van der Waals surface area (Å²) in [6, 6.07) is 36.2. The molecule has 46 nitrogen and oxygen atoms in total. The van der Waals surface area contributed by atoms with Crippen molar-refractivity contribution in [2.24, 2.45) is 11.8 Å². The third-order valence-corrected chi connectivity index (χ3v) is 29.4. The van der Waals surface area contributed by atoms with Crippen molar-refractivity contribution in [1.82, 2.24) is 0 Å². The van der Waals surface area contributed by atoms with Crippen LogP contribution in [-0.2, 0) is 99.3 Å². The van der Waals surface area contributed by atoms with Gasteiger partial charge < -0.3 is 162 Å². The largest absolute Gasteiger partial charge is 0.481 e. The molecule has 5 saturated heterocycles. The number of para-hydroxylation sites is 3. The van der Waals surface area contributed by atoms with Gasteiger partial charge in [0.2, 0.25) is 17.2 Å². The summed E-state index contributed by atoms with van der Waals surface area (Å²) in [5, 5.41) is 189. The molecule has 0 aliphatic carbocycles. The molecular formula is C101H125N6O40PS. The van der Waals surface area contributed by atoms with Gasteiger partial charge >= 0.3 is 23.6 Å². The molecule has 11 heterocycles. The van der Waals surface area contributed by atoms with E-state index in [-0.39, 0.29) is 70.7 Å². The summed E-state index contributed by atoms with van der Waals surface area (Å²) < 4.78 is 93.5. The van der Waals surface area contributed by atoms with Gasteiger partial charge in [-0.1, -0.05) is 75.9 Å². The number of anilines is 3. The number of aliphatic carboxylic acids is 1. The fourth-order valence-electron chi connectivity index (χ4n) is 20.5. The molecule has 3 spiro atoms.